The summed E-state index contributed by atoms with van der Waals surface area (Å²) in [5, 5.41) is 62.8. The molecule has 0 aromatic heterocycles. The van der Waals surface area contributed by atoms with Crippen LogP contribution in [0.15, 0.2) is 0 Å². The number of hydrogen-bond acceptors (Lipinski definition) is 14. The van der Waals surface area contributed by atoms with Crippen molar-refractivity contribution in [1.29, 1.82) is 0 Å². The molecule has 0 aromatic rings. The van der Waals surface area contributed by atoms with Crippen LogP contribution in [0.3, 0.4) is 0 Å². The second-order valence-electron chi connectivity index (χ2n) is 18.8. The highest BCUT2D eigenvalue weighted by atomic mass is 16.7. The van der Waals surface area contributed by atoms with Crippen LogP contribution in [0.4, 0.5) is 0 Å². The molecule has 336 valence electrons. The van der Waals surface area contributed by atoms with Crippen molar-refractivity contribution in [1.82, 2.24) is 10.2 Å². The quantitative estimate of drug-likeness (QED) is 0.123. The van der Waals surface area contributed by atoms with E-state index in [9.17, 15) is 30.3 Å². The summed E-state index contributed by atoms with van der Waals surface area (Å²) in [4.78, 5) is 16.3. The third-order valence-electron chi connectivity index (χ3n) is 13.6. The van der Waals surface area contributed by atoms with Crippen LogP contribution in [0.25, 0.3) is 0 Å². The van der Waals surface area contributed by atoms with Crippen molar-refractivity contribution in [3.05, 3.63) is 0 Å². The topological polar surface area (TPSA) is 189 Å². The van der Waals surface area contributed by atoms with Crippen molar-refractivity contribution in [3.63, 3.8) is 0 Å². The SMILES string of the molecule is CCCCCC[C@]1(O)[C@H](C)OC(O[C@@H]2[C@@H](C)[C@@H](O[C@@H]3O[C@H](C)C[C@H](N(C)C)[C@H]3O)[C@](C)(O)C[C@@H](C)NC[C@@H](C)[C@H](O)[C@](C)(O)[C@H](CC)OC(=O)[C@@H]2C)C[C@@]1(C)OC. The van der Waals surface area contributed by atoms with Gasteiger partial charge in [0.15, 0.2) is 12.6 Å². The zero-order chi connectivity index (χ0) is 43.3. The van der Waals surface area contributed by atoms with Gasteiger partial charge in [0.1, 0.15) is 29.0 Å². The van der Waals surface area contributed by atoms with Gasteiger partial charge in [0.2, 0.25) is 0 Å². The molecule has 0 radical (unpaired) electrons. The molecule has 0 aromatic carbocycles. The van der Waals surface area contributed by atoms with E-state index < -0.39 is 95.3 Å². The van der Waals surface area contributed by atoms with Gasteiger partial charge in [-0.3, -0.25) is 4.79 Å². The summed E-state index contributed by atoms with van der Waals surface area (Å²) < 4.78 is 38.5. The minimum atomic E-state index is -1.79. The molecular weight excluding hydrogens is 736 g/mol. The largest absolute Gasteiger partial charge is 0.459 e. The van der Waals surface area contributed by atoms with Gasteiger partial charge in [-0.05, 0) is 94.2 Å². The van der Waals surface area contributed by atoms with E-state index in [0.29, 0.717) is 19.4 Å². The fourth-order valence-corrected chi connectivity index (χ4v) is 9.69. The van der Waals surface area contributed by atoms with Crippen LogP contribution in [-0.4, -0.2) is 154 Å². The Kier molecular flexibility index (Phi) is 18.3. The lowest BCUT2D eigenvalue weighted by molar-refractivity contribution is -0.338. The number of rotatable bonds is 12. The van der Waals surface area contributed by atoms with Crippen LogP contribution in [0.5, 0.6) is 0 Å². The Morgan fingerprint density at radius 2 is 1.56 bits per heavy atom. The highest BCUT2D eigenvalue weighted by Gasteiger charge is 2.58. The highest BCUT2D eigenvalue weighted by molar-refractivity contribution is 5.73. The maximum atomic E-state index is 14.4. The number of nitrogens with zero attached hydrogens (tertiary/aromatic N) is 1. The van der Waals surface area contributed by atoms with Crippen LogP contribution >= 0.6 is 0 Å². The fourth-order valence-electron chi connectivity index (χ4n) is 9.69. The number of hydrogen-bond donors (Lipinski definition) is 6. The summed E-state index contributed by atoms with van der Waals surface area (Å²) in [7, 11) is 5.35. The zero-order valence-corrected chi connectivity index (χ0v) is 37.7. The molecule has 3 aliphatic heterocycles. The van der Waals surface area contributed by atoms with Crippen molar-refractivity contribution < 1.29 is 58.7 Å². The second-order valence-corrected chi connectivity index (χ2v) is 18.8. The number of nitrogens with one attached hydrogen (secondary N) is 1. The predicted octanol–water partition coefficient (Wildman–Crippen LogP) is 3.90. The van der Waals surface area contributed by atoms with E-state index >= 15 is 0 Å². The number of aliphatic hydroxyl groups excluding tert-OH is 2. The summed E-state index contributed by atoms with van der Waals surface area (Å²) in [5.41, 5.74) is -5.77. The summed E-state index contributed by atoms with van der Waals surface area (Å²) in [6, 6.07) is -0.579. The number of carbonyl (C=O) groups excluding carboxylic acids is 1. The lowest BCUT2D eigenvalue weighted by Crippen LogP contribution is -2.66. The molecule has 3 heterocycles. The van der Waals surface area contributed by atoms with Crippen molar-refractivity contribution in [2.45, 2.75) is 224 Å². The fraction of sp³-hybridized carbons (Fsp3) is 0.977. The van der Waals surface area contributed by atoms with Gasteiger partial charge in [0.25, 0.3) is 0 Å². The van der Waals surface area contributed by atoms with Gasteiger partial charge in [-0.15, -0.1) is 0 Å². The Morgan fingerprint density at radius 1 is 0.912 bits per heavy atom. The average molecular weight is 819 g/mol. The molecule has 0 saturated carbocycles. The lowest BCUT2D eigenvalue weighted by atomic mass is 9.72. The smallest absolute Gasteiger partial charge is 0.311 e. The first-order valence-corrected chi connectivity index (χ1v) is 21.7. The maximum absolute atomic E-state index is 14.4. The predicted molar refractivity (Wildman–Crippen MR) is 217 cm³/mol. The number of carbonyl (C=O) groups is 1. The molecule has 1 unspecified atom stereocenters. The van der Waals surface area contributed by atoms with Crippen molar-refractivity contribution in [3.8, 4) is 0 Å². The first-order chi connectivity index (χ1) is 26.4. The number of cyclic esters (lactones) is 1. The molecule has 14 heteroatoms. The Morgan fingerprint density at radius 3 is 2.14 bits per heavy atom. The molecule has 57 heavy (non-hydrogen) atoms. The molecule has 18 atom stereocenters. The Bertz CT molecular complexity index is 1240. The van der Waals surface area contributed by atoms with E-state index in [1.165, 1.54) is 6.92 Å². The van der Waals surface area contributed by atoms with Gasteiger partial charge in [-0.25, -0.2) is 0 Å². The van der Waals surface area contributed by atoms with Crippen LogP contribution in [-0.2, 0) is 33.2 Å². The number of aliphatic hydroxyl groups is 5. The summed E-state index contributed by atoms with van der Waals surface area (Å²) in [6.45, 7) is 20.2. The first kappa shape index (κ1) is 50.3. The van der Waals surface area contributed by atoms with Crippen LogP contribution < -0.4 is 5.32 Å². The molecule has 0 aliphatic carbocycles. The minimum absolute atomic E-state index is 0.134. The van der Waals surface area contributed by atoms with Gasteiger partial charge in [0, 0.05) is 38.1 Å². The molecule has 3 saturated heterocycles. The van der Waals surface area contributed by atoms with Crippen molar-refractivity contribution >= 4 is 5.97 Å². The van der Waals surface area contributed by atoms with E-state index in [4.69, 9.17) is 28.4 Å². The first-order valence-electron chi connectivity index (χ1n) is 21.7. The van der Waals surface area contributed by atoms with Gasteiger partial charge in [-0.1, -0.05) is 53.4 Å². The minimum Gasteiger partial charge on any atom is -0.459 e. The monoisotopic (exact) mass is 819 g/mol. The van der Waals surface area contributed by atoms with Gasteiger partial charge >= 0.3 is 5.97 Å². The Balaban J connectivity index is 2.15. The summed E-state index contributed by atoms with van der Waals surface area (Å²) >= 11 is 0. The molecular formula is C43H82N2O12. The van der Waals surface area contributed by atoms with Gasteiger partial charge in [0.05, 0.1) is 42.0 Å². The van der Waals surface area contributed by atoms with Crippen LogP contribution in [0.2, 0.25) is 0 Å². The standard InChI is InChI=1S/C43H82N2O12/c1-15-17-18-19-20-43(51)30(8)54-33(23-41(43,10)52-14)56-35-28(6)37(57-39-34(46)31(45(12)13)21-27(5)53-39)40(9,49)22-26(4)44-24-25(3)36(47)42(11,50)32(16-2)55-38(48)29(35)7/h25-37,39,44,46-47,49-51H,15-24H2,1-14H3/t25-,26-,27-,28-,29-,30+,31+,32+,33?,34-,35-,36+,37-,39+,40-,41-,42-,43+/m1/s1. The van der Waals surface area contributed by atoms with Crippen LogP contribution in [0, 0.1) is 17.8 Å². The third-order valence-corrected chi connectivity index (χ3v) is 13.6. The molecule has 14 nitrogen and oxygen atoms in total. The number of likely N-dealkylation sites (N-methyl/N-ethyl adjacent to an activating group) is 1. The third kappa shape index (κ3) is 11.7. The molecule has 0 amide bonds. The number of ether oxygens (including phenoxy) is 6. The number of esters is 1. The van der Waals surface area contributed by atoms with Crippen molar-refractivity contribution in [2.24, 2.45) is 17.8 Å². The highest BCUT2D eigenvalue weighted by Crippen LogP contribution is 2.45. The summed E-state index contributed by atoms with van der Waals surface area (Å²) in [6.07, 6.45) is -3.04. The Labute approximate surface area is 343 Å². The van der Waals surface area contributed by atoms with E-state index in [1.807, 2.05) is 46.7 Å². The average Bonchev–Trinajstić information content (AvgIpc) is 3.14. The Hall–Kier alpha value is -1.01. The van der Waals surface area contributed by atoms with E-state index in [2.05, 4.69) is 12.2 Å². The second kappa shape index (κ2) is 20.7. The number of unbranched alkanes of at least 4 members (excludes halogenated alkanes) is 3. The molecule has 0 spiro atoms. The number of methoxy groups -OCH3 is 1. The van der Waals surface area contributed by atoms with Gasteiger partial charge < -0.3 is 64.2 Å². The van der Waals surface area contributed by atoms with Crippen LogP contribution in [0.1, 0.15) is 134 Å². The molecule has 0 bridgehead atoms. The molecule has 3 rings (SSSR count). The molecule has 3 fully saturated rings. The lowest BCUT2D eigenvalue weighted by Gasteiger charge is -2.54. The molecule has 6 N–H and O–H groups in total. The molecule has 3 aliphatic rings. The normalized spacial score (nSPS) is 47.3. The van der Waals surface area contributed by atoms with Gasteiger partial charge in [-0.2, -0.15) is 0 Å². The van der Waals surface area contributed by atoms with E-state index in [1.54, 1.807) is 41.7 Å². The van der Waals surface area contributed by atoms with Crippen molar-refractivity contribution in [2.75, 3.05) is 27.7 Å². The summed E-state index contributed by atoms with van der Waals surface area (Å²) in [5.74, 6) is -2.92. The maximum Gasteiger partial charge on any atom is 0.311 e. The van der Waals surface area contributed by atoms with E-state index in [0.717, 1.165) is 25.7 Å². The van der Waals surface area contributed by atoms with E-state index in [-0.39, 0.29) is 37.5 Å². The zero-order valence-electron chi connectivity index (χ0n) is 37.7.